The molecule has 0 aromatic rings. The Labute approximate surface area is 124 Å². The Morgan fingerprint density at radius 3 is 2.16 bits per heavy atom. The molecule has 0 unspecified atom stereocenters. The Balaban J connectivity index is 0.00000324. The summed E-state index contributed by atoms with van der Waals surface area (Å²) in [6, 6.07) is -0.346. The van der Waals surface area contributed by atoms with E-state index in [0.29, 0.717) is 17.3 Å². The molecule has 0 aromatic carbocycles. The van der Waals surface area contributed by atoms with Gasteiger partial charge in [0.15, 0.2) is 0 Å². The minimum atomic E-state index is -0.346. The molecule has 1 rings (SSSR count). The predicted molar refractivity (Wildman–Crippen MR) is 83.4 cm³/mol. The highest BCUT2D eigenvalue weighted by molar-refractivity contribution is 5.85. The smallest absolute Gasteiger partial charge is 0.236 e. The summed E-state index contributed by atoms with van der Waals surface area (Å²) >= 11 is 0. The van der Waals surface area contributed by atoms with Crippen molar-refractivity contribution in [1.29, 1.82) is 0 Å². The van der Waals surface area contributed by atoms with E-state index in [1.54, 1.807) is 0 Å². The van der Waals surface area contributed by atoms with E-state index in [1.165, 1.54) is 25.7 Å². The summed E-state index contributed by atoms with van der Waals surface area (Å²) in [4.78, 5) is 11.9. The number of amides is 1. The number of hydrogen-bond donors (Lipinski definition) is 2. The second-order valence-electron chi connectivity index (χ2n) is 6.91. The zero-order valence-corrected chi connectivity index (χ0v) is 13.7. The van der Waals surface area contributed by atoms with Gasteiger partial charge in [-0.15, -0.1) is 12.4 Å². The molecule has 19 heavy (non-hydrogen) atoms. The van der Waals surface area contributed by atoms with Crippen LogP contribution in [0.5, 0.6) is 0 Å². The maximum absolute atomic E-state index is 11.9. The first-order valence-electron chi connectivity index (χ1n) is 7.38. The first kappa shape index (κ1) is 18.7. The van der Waals surface area contributed by atoms with E-state index in [-0.39, 0.29) is 24.4 Å². The fraction of sp³-hybridized carbons (Fsp3) is 0.933. The average molecular weight is 291 g/mol. The number of rotatable bonds is 7. The summed E-state index contributed by atoms with van der Waals surface area (Å²) < 4.78 is 0. The lowest BCUT2D eigenvalue weighted by molar-refractivity contribution is -0.123. The number of nitrogens with two attached hydrogens (primary N) is 1. The second kappa shape index (κ2) is 8.11. The van der Waals surface area contributed by atoms with E-state index in [2.05, 4.69) is 33.0 Å². The van der Waals surface area contributed by atoms with Crippen molar-refractivity contribution in [2.75, 3.05) is 6.54 Å². The van der Waals surface area contributed by atoms with Crippen LogP contribution in [0, 0.1) is 17.3 Å². The van der Waals surface area contributed by atoms with Crippen molar-refractivity contribution in [2.45, 2.75) is 65.8 Å². The first-order valence-corrected chi connectivity index (χ1v) is 7.38. The summed E-state index contributed by atoms with van der Waals surface area (Å²) in [5.74, 6) is 1.20. The quantitative estimate of drug-likeness (QED) is 0.757. The Morgan fingerprint density at radius 2 is 1.79 bits per heavy atom. The van der Waals surface area contributed by atoms with Gasteiger partial charge in [0.1, 0.15) is 0 Å². The average Bonchev–Trinajstić information content (AvgIpc) is 2.19. The van der Waals surface area contributed by atoms with Crippen molar-refractivity contribution in [2.24, 2.45) is 23.0 Å². The van der Waals surface area contributed by atoms with E-state index in [0.717, 1.165) is 13.0 Å². The van der Waals surface area contributed by atoms with Crippen molar-refractivity contribution >= 4 is 18.3 Å². The molecule has 0 heterocycles. The molecule has 1 atom stereocenters. The van der Waals surface area contributed by atoms with E-state index < -0.39 is 0 Å². The van der Waals surface area contributed by atoms with Crippen LogP contribution in [0.2, 0.25) is 0 Å². The van der Waals surface area contributed by atoms with Gasteiger partial charge >= 0.3 is 0 Å². The third kappa shape index (κ3) is 6.13. The highest BCUT2D eigenvalue weighted by atomic mass is 35.5. The van der Waals surface area contributed by atoms with Crippen LogP contribution in [0.15, 0.2) is 0 Å². The SMILES string of the molecule is CC(C)C[C@H](N)C(=O)NCC1(CC(C)C)CCC1.Cl. The topological polar surface area (TPSA) is 55.1 Å². The maximum Gasteiger partial charge on any atom is 0.236 e. The minimum absolute atomic E-state index is 0. The van der Waals surface area contributed by atoms with Gasteiger partial charge in [-0.3, -0.25) is 4.79 Å². The van der Waals surface area contributed by atoms with Crippen molar-refractivity contribution in [3.8, 4) is 0 Å². The lowest BCUT2D eigenvalue weighted by atomic mass is 9.64. The van der Waals surface area contributed by atoms with Gasteiger partial charge in [-0.05, 0) is 42.9 Å². The molecular weight excluding hydrogens is 260 g/mol. The van der Waals surface area contributed by atoms with Gasteiger partial charge in [0.05, 0.1) is 6.04 Å². The van der Waals surface area contributed by atoms with Crippen molar-refractivity contribution in [3.63, 3.8) is 0 Å². The van der Waals surface area contributed by atoms with E-state index in [9.17, 15) is 4.79 Å². The molecule has 3 N–H and O–H groups in total. The molecule has 114 valence electrons. The molecule has 0 radical (unpaired) electrons. The lowest BCUT2D eigenvalue weighted by Crippen LogP contribution is -2.48. The Bertz CT molecular complexity index is 275. The van der Waals surface area contributed by atoms with Crippen LogP contribution >= 0.6 is 12.4 Å². The summed E-state index contributed by atoms with van der Waals surface area (Å²) in [5, 5.41) is 3.07. The monoisotopic (exact) mass is 290 g/mol. The molecule has 4 heteroatoms. The van der Waals surface area contributed by atoms with Crippen LogP contribution in [0.3, 0.4) is 0 Å². The Kier molecular flexibility index (Phi) is 7.99. The fourth-order valence-corrected chi connectivity index (χ4v) is 3.02. The van der Waals surface area contributed by atoms with Gasteiger partial charge in [-0.25, -0.2) is 0 Å². The van der Waals surface area contributed by atoms with Crippen LogP contribution < -0.4 is 11.1 Å². The number of nitrogens with one attached hydrogen (secondary N) is 1. The number of carbonyl (C=O) groups is 1. The van der Waals surface area contributed by atoms with Gasteiger partial charge in [0, 0.05) is 6.54 Å². The largest absolute Gasteiger partial charge is 0.354 e. The third-order valence-corrected chi connectivity index (χ3v) is 3.96. The van der Waals surface area contributed by atoms with Crippen LogP contribution in [0.25, 0.3) is 0 Å². The Morgan fingerprint density at radius 1 is 1.21 bits per heavy atom. The van der Waals surface area contributed by atoms with Gasteiger partial charge in [-0.2, -0.15) is 0 Å². The van der Waals surface area contributed by atoms with Gasteiger partial charge in [-0.1, -0.05) is 34.1 Å². The molecule has 0 spiro atoms. The first-order chi connectivity index (χ1) is 8.34. The zero-order chi connectivity index (χ0) is 13.8. The summed E-state index contributed by atoms with van der Waals surface area (Å²) in [5.41, 5.74) is 6.26. The zero-order valence-electron chi connectivity index (χ0n) is 12.9. The molecule has 1 aliphatic rings. The molecule has 0 saturated heterocycles. The molecule has 1 amide bonds. The molecule has 1 saturated carbocycles. The summed E-state index contributed by atoms with van der Waals surface area (Å²) in [6.07, 6.45) is 5.80. The summed E-state index contributed by atoms with van der Waals surface area (Å²) in [7, 11) is 0. The number of hydrogen-bond acceptors (Lipinski definition) is 2. The normalized spacial score (nSPS) is 18.7. The van der Waals surface area contributed by atoms with Crippen LogP contribution in [-0.4, -0.2) is 18.5 Å². The molecular formula is C15H31ClN2O. The second-order valence-corrected chi connectivity index (χ2v) is 6.91. The number of carbonyl (C=O) groups excluding carboxylic acids is 1. The molecule has 0 aliphatic heterocycles. The van der Waals surface area contributed by atoms with Gasteiger partial charge in [0.25, 0.3) is 0 Å². The van der Waals surface area contributed by atoms with Gasteiger partial charge in [0.2, 0.25) is 5.91 Å². The van der Waals surface area contributed by atoms with E-state index >= 15 is 0 Å². The van der Waals surface area contributed by atoms with Crippen LogP contribution in [0.1, 0.15) is 59.8 Å². The van der Waals surface area contributed by atoms with Gasteiger partial charge < -0.3 is 11.1 Å². The third-order valence-electron chi connectivity index (χ3n) is 3.96. The minimum Gasteiger partial charge on any atom is -0.354 e. The molecule has 0 bridgehead atoms. The number of halogens is 1. The fourth-order valence-electron chi connectivity index (χ4n) is 3.02. The van der Waals surface area contributed by atoms with Crippen LogP contribution in [-0.2, 0) is 4.79 Å². The highest BCUT2D eigenvalue weighted by Gasteiger charge is 2.37. The van der Waals surface area contributed by atoms with E-state index in [4.69, 9.17) is 5.73 Å². The lowest BCUT2D eigenvalue weighted by Gasteiger charge is -2.43. The molecule has 0 aromatic heterocycles. The molecule has 3 nitrogen and oxygen atoms in total. The van der Waals surface area contributed by atoms with Crippen molar-refractivity contribution in [1.82, 2.24) is 5.32 Å². The highest BCUT2D eigenvalue weighted by Crippen LogP contribution is 2.45. The van der Waals surface area contributed by atoms with E-state index in [1.807, 2.05) is 0 Å². The van der Waals surface area contributed by atoms with Crippen molar-refractivity contribution < 1.29 is 4.79 Å². The van der Waals surface area contributed by atoms with Crippen molar-refractivity contribution in [3.05, 3.63) is 0 Å². The summed E-state index contributed by atoms with van der Waals surface area (Å²) in [6.45, 7) is 9.52. The van der Waals surface area contributed by atoms with Crippen LogP contribution in [0.4, 0.5) is 0 Å². The maximum atomic E-state index is 11.9. The molecule has 1 fully saturated rings. The predicted octanol–water partition coefficient (Wildman–Crippen LogP) is 3.11. The molecule has 1 aliphatic carbocycles. The standard InChI is InChI=1S/C15H30N2O.ClH/c1-11(2)8-13(16)14(18)17-10-15(6-5-7-15)9-12(3)4;/h11-13H,5-10,16H2,1-4H3,(H,17,18);1H/t13-;/m0./s1. The Hall–Kier alpha value is -0.280.